The third-order valence-electron chi connectivity index (χ3n) is 2.54. The largest absolute Gasteiger partial charge is 0.497 e. The Hall–Kier alpha value is -1.07. The Labute approximate surface area is 119 Å². The van der Waals surface area contributed by atoms with Gasteiger partial charge in [0, 0.05) is 15.9 Å². The minimum Gasteiger partial charge on any atom is -0.497 e. The second-order valence-electron chi connectivity index (χ2n) is 3.79. The highest BCUT2D eigenvalue weighted by molar-refractivity contribution is 9.10. The van der Waals surface area contributed by atoms with E-state index in [1.165, 1.54) is 5.01 Å². The number of halogens is 1. The molecule has 0 spiro atoms. The van der Waals surface area contributed by atoms with E-state index in [4.69, 9.17) is 4.74 Å². The van der Waals surface area contributed by atoms with Gasteiger partial charge in [-0.1, -0.05) is 6.92 Å². The molecular weight excluding hydrogens is 312 g/mol. The molecule has 0 aliphatic heterocycles. The molecule has 0 radical (unpaired) electrons. The number of anilines is 1. The van der Waals surface area contributed by atoms with Gasteiger partial charge in [0.05, 0.1) is 30.0 Å². The van der Waals surface area contributed by atoms with Crippen molar-refractivity contribution in [1.82, 2.24) is 4.98 Å². The summed E-state index contributed by atoms with van der Waals surface area (Å²) in [5.41, 5.74) is 2.09. The lowest BCUT2D eigenvalue weighted by Crippen LogP contribution is -2.01. The van der Waals surface area contributed by atoms with Crippen LogP contribution in [0.25, 0.3) is 0 Å². The van der Waals surface area contributed by atoms with Crippen LogP contribution in [0.5, 0.6) is 5.75 Å². The van der Waals surface area contributed by atoms with E-state index in [1.807, 2.05) is 18.2 Å². The summed E-state index contributed by atoms with van der Waals surface area (Å²) < 4.78 is 6.23. The van der Waals surface area contributed by atoms with Gasteiger partial charge < -0.3 is 10.1 Å². The van der Waals surface area contributed by atoms with Crippen LogP contribution in [0.3, 0.4) is 0 Å². The maximum Gasteiger partial charge on any atom is 0.121 e. The van der Waals surface area contributed by atoms with E-state index in [0.29, 0.717) is 0 Å². The monoisotopic (exact) mass is 326 g/mol. The van der Waals surface area contributed by atoms with Gasteiger partial charge in [0.15, 0.2) is 0 Å². The number of thiazole rings is 1. The second kappa shape index (κ2) is 6.20. The normalized spacial score (nSPS) is 10.4. The van der Waals surface area contributed by atoms with Crippen molar-refractivity contribution in [2.75, 3.05) is 12.4 Å². The standard InChI is InChI=1S/C13H15BrN2OS/c1-3-13-16-9(8-18-13)7-15-12-6-10(17-2)4-5-11(12)14/h4-6,8,15H,3,7H2,1-2H3. The van der Waals surface area contributed by atoms with Gasteiger partial charge in [0.25, 0.3) is 0 Å². The molecule has 0 aliphatic rings. The van der Waals surface area contributed by atoms with Crippen LogP contribution in [0, 0.1) is 0 Å². The summed E-state index contributed by atoms with van der Waals surface area (Å²) in [5, 5.41) is 6.63. The van der Waals surface area contributed by atoms with Crippen molar-refractivity contribution in [1.29, 1.82) is 0 Å². The van der Waals surface area contributed by atoms with Crippen LogP contribution < -0.4 is 10.1 Å². The minimum atomic E-state index is 0.724. The number of methoxy groups -OCH3 is 1. The highest BCUT2D eigenvalue weighted by Gasteiger charge is 2.04. The number of rotatable bonds is 5. The molecule has 1 aromatic carbocycles. The van der Waals surface area contributed by atoms with E-state index < -0.39 is 0 Å². The van der Waals surface area contributed by atoms with Crippen LogP contribution in [0.1, 0.15) is 17.6 Å². The average Bonchev–Trinajstić information content (AvgIpc) is 2.86. The zero-order valence-corrected chi connectivity index (χ0v) is 12.8. The van der Waals surface area contributed by atoms with E-state index >= 15 is 0 Å². The van der Waals surface area contributed by atoms with Crippen molar-refractivity contribution in [3.8, 4) is 5.75 Å². The molecule has 5 heteroatoms. The fourth-order valence-corrected chi connectivity index (χ4v) is 2.68. The van der Waals surface area contributed by atoms with E-state index in [2.05, 4.69) is 38.5 Å². The summed E-state index contributed by atoms with van der Waals surface area (Å²) in [7, 11) is 1.67. The van der Waals surface area contributed by atoms with Gasteiger partial charge in [-0.3, -0.25) is 0 Å². The van der Waals surface area contributed by atoms with Gasteiger partial charge in [-0.05, 0) is 34.5 Å². The summed E-state index contributed by atoms with van der Waals surface area (Å²) in [6, 6.07) is 5.87. The average molecular weight is 327 g/mol. The van der Waals surface area contributed by atoms with Crippen LogP contribution in [0.2, 0.25) is 0 Å². The van der Waals surface area contributed by atoms with Crippen molar-refractivity contribution in [3.05, 3.63) is 38.8 Å². The third kappa shape index (κ3) is 3.23. The van der Waals surface area contributed by atoms with Gasteiger partial charge in [-0.2, -0.15) is 0 Å². The topological polar surface area (TPSA) is 34.2 Å². The Balaban J connectivity index is 2.05. The summed E-state index contributed by atoms with van der Waals surface area (Å²) >= 11 is 5.23. The van der Waals surface area contributed by atoms with E-state index in [9.17, 15) is 0 Å². The molecule has 0 atom stereocenters. The predicted octanol–water partition coefficient (Wildman–Crippen LogP) is 4.09. The molecule has 3 nitrogen and oxygen atoms in total. The fourth-order valence-electron chi connectivity index (χ4n) is 1.55. The highest BCUT2D eigenvalue weighted by Crippen LogP contribution is 2.27. The lowest BCUT2D eigenvalue weighted by Gasteiger charge is -2.09. The number of aromatic nitrogens is 1. The summed E-state index contributed by atoms with van der Waals surface area (Å²) in [6.45, 7) is 2.84. The van der Waals surface area contributed by atoms with Crippen LogP contribution >= 0.6 is 27.3 Å². The zero-order valence-electron chi connectivity index (χ0n) is 10.4. The third-order valence-corrected chi connectivity index (χ3v) is 4.27. The van der Waals surface area contributed by atoms with Crippen molar-refractivity contribution in [2.24, 2.45) is 0 Å². The van der Waals surface area contributed by atoms with Gasteiger partial charge >= 0.3 is 0 Å². The summed E-state index contributed by atoms with van der Waals surface area (Å²) in [5.74, 6) is 0.841. The smallest absolute Gasteiger partial charge is 0.121 e. The van der Waals surface area contributed by atoms with E-state index in [0.717, 1.165) is 34.6 Å². The Bertz CT molecular complexity index is 527. The molecule has 0 saturated carbocycles. The maximum atomic E-state index is 5.21. The number of ether oxygens (including phenoxy) is 1. The number of aryl methyl sites for hydroxylation is 1. The number of hydrogen-bond acceptors (Lipinski definition) is 4. The Kier molecular flexibility index (Phi) is 4.60. The zero-order chi connectivity index (χ0) is 13.0. The van der Waals surface area contributed by atoms with Crippen LogP contribution in [-0.2, 0) is 13.0 Å². The summed E-state index contributed by atoms with van der Waals surface area (Å²) in [4.78, 5) is 4.53. The van der Waals surface area contributed by atoms with Crippen LogP contribution in [-0.4, -0.2) is 12.1 Å². The van der Waals surface area contributed by atoms with Crippen LogP contribution in [0.4, 0.5) is 5.69 Å². The quantitative estimate of drug-likeness (QED) is 0.898. The van der Waals surface area contributed by atoms with Crippen molar-refractivity contribution in [2.45, 2.75) is 19.9 Å². The molecule has 0 unspecified atom stereocenters. The lowest BCUT2D eigenvalue weighted by atomic mass is 10.3. The second-order valence-corrected chi connectivity index (χ2v) is 5.58. The molecule has 1 heterocycles. The first kappa shape index (κ1) is 13.4. The number of nitrogens with one attached hydrogen (secondary N) is 1. The highest BCUT2D eigenvalue weighted by atomic mass is 79.9. The molecule has 0 fully saturated rings. The Morgan fingerprint density at radius 3 is 2.94 bits per heavy atom. The minimum absolute atomic E-state index is 0.724. The molecule has 2 aromatic rings. The lowest BCUT2D eigenvalue weighted by molar-refractivity contribution is 0.415. The SMILES string of the molecule is CCc1nc(CNc2cc(OC)ccc2Br)cs1. The van der Waals surface area contributed by atoms with Gasteiger partial charge in [-0.25, -0.2) is 4.98 Å². The van der Waals surface area contributed by atoms with Crippen molar-refractivity contribution in [3.63, 3.8) is 0 Å². The number of nitrogens with zero attached hydrogens (tertiary/aromatic N) is 1. The first-order valence-corrected chi connectivity index (χ1v) is 7.41. The summed E-state index contributed by atoms with van der Waals surface area (Å²) in [6.07, 6.45) is 0.994. The van der Waals surface area contributed by atoms with Gasteiger partial charge in [-0.15, -0.1) is 11.3 Å². The van der Waals surface area contributed by atoms with Gasteiger partial charge in [0.1, 0.15) is 5.75 Å². The molecular formula is C13H15BrN2OS. The molecule has 0 amide bonds. The number of benzene rings is 1. The van der Waals surface area contributed by atoms with Crippen molar-refractivity contribution < 1.29 is 4.74 Å². The molecule has 0 bridgehead atoms. The molecule has 18 heavy (non-hydrogen) atoms. The first-order chi connectivity index (χ1) is 8.72. The van der Waals surface area contributed by atoms with E-state index in [1.54, 1.807) is 18.4 Å². The maximum absolute atomic E-state index is 5.21. The molecule has 0 aliphatic carbocycles. The fraction of sp³-hybridized carbons (Fsp3) is 0.308. The van der Waals surface area contributed by atoms with Gasteiger partial charge in [0.2, 0.25) is 0 Å². The molecule has 0 saturated heterocycles. The van der Waals surface area contributed by atoms with E-state index in [-0.39, 0.29) is 0 Å². The van der Waals surface area contributed by atoms with Crippen LogP contribution in [0.15, 0.2) is 28.1 Å². The molecule has 1 aromatic heterocycles. The predicted molar refractivity (Wildman–Crippen MR) is 79.5 cm³/mol. The molecule has 1 N–H and O–H groups in total. The number of hydrogen-bond donors (Lipinski definition) is 1. The first-order valence-electron chi connectivity index (χ1n) is 5.73. The van der Waals surface area contributed by atoms with Crippen molar-refractivity contribution >= 4 is 33.0 Å². The Morgan fingerprint density at radius 2 is 2.28 bits per heavy atom. The molecule has 96 valence electrons. The molecule has 2 rings (SSSR count). The Morgan fingerprint density at radius 1 is 1.44 bits per heavy atom.